The van der Waals surface area contributed by atoms with Gasteiger partial charge in [-0.15, -0.1) is 24.0 Å². The number of unbranched alkanes of at least 4 members (excludes halogenated alkanes) is 1. The molecule has 0 spiro atoms. The van der Waals surface area contributed by atoms with Crippen molar-refractivity contribution in [3.05, 3.63) is 29.3 Å². The average Bonchev–Trinajstić information content (AvgIpc) is 3.47. The normalized spacial score (nSPS) is 14.2. The van der Waals surface area contributed by atoms with Crippen LogP contribution in [0.3, 0.4) is 0 Å². The van der Waals surface area contributed by atoms with Crippen molar-refractivity contribution < 1.29 is 4.74 Å². The first-order chi connectivity index (χ1) is 13.0. The van der Waals surface area contributed by atoms with Gasteiger partial charge in [0.15, 0.2) is 5.96 Å². The molecule has 0 bridgehead atoms. The van der Waals surface area contributed by atoms with Crippen molar-refractivity contribution in [1.82, 2.24) is 15.5 Å². The van der Waals surface area contributed by atoms with Crippen LogP contribution in [0.25, 0.3) is 0 Å². The third kappa shape index (κ3) is 9.45. The van der Waals surface area contributed by atoms with Crippen LogP contribution in [-0.4, -0.2) is 50.7 Å². The molecule has 0 amide bonds. The van der Waals surface area contributed by atoms with Crippen molar-refractivity contribution in [3.63, 3.8) is 0 Å². The fraction of sp³-hybridized carbons (Fsp3) is 0.682. The highest BCUT2D eigenvalue weighted by molar-refractivity contribution is 14.0. The molecule has 5 nitrogen and oxygen atoms in total. The van der Waals surface area contributed by atoms with Gasteiger partial charge in [0.25, 0.3) is 0 Å². The standard InChI is InChI=1S/C22H38N4O.HI/c1-17(2)26(5)13-7-6-12-24-22(23-4)25-15-20-11-8-18(3)14-21(20)27-16-19-9-10-19;/h8,11,14,17,19H,6-7,9-10,12-13,15-16H2,1-5H3,(H2,23,24,25);1H. The topological polar surface area (TPSA) is 48.9 Å². The molecule has 6 heteroatoms. The number of ether oxygens (including phenoxy) is 1. The van der Waals surface area contributed by atoms with Crippen molar-refractivity contribution in [2.75, 3.05) is 33.8 Å². The predicted octanol–water partition coefficient (Wildman–Crippen LogP) is 4.19. The number of hydrogen-bond acceptors (Lipinski definition) is 3. The van der Waals surface area contributed by atoms with Crippen molar-refractivity contribution >= 4 is 29.9 Å². The molecule has 0 unspecified atom stereocenters. The van der Waals surface area contributed by atoms with Crippen molar-refractivity contribution in [3.8, 4) is 5.75 Å². The van der Waals surface area contributed by atoms with Crippen LogP contribution in [0.1, 0.15) is 50.7 Å². The number of guanidine groups is 1. The van der Waals surface area contributed by atoms with Gasteiger partial charge in [-0.1, -0.05) is 12.1 Å². The Morgan fingerprint density at radius 1 is 1.25 bits per heavy atom. The van der Waals surface area contributed by atoms with E-state index in [1.54, 1.807) is 0 Å². The first kappa shape index (κ1) is 25.0. The average molecular weight is 502 g/mol. The van der Waals surface area contributed by atoms with E-state index in [2.05, 4.69) is 66.5 Å². The Kier molecular flexibility index (Phi) is 11.8. The van der Waals surface area contributed by atoms with Crippen LogP contribution < -0.4 is 15.4 Å². The zero-order chi connectivity index (χ0) is 19.6. The number of hydrogen-bond donors (Lipinski definition) is 2. The number of halogens is 1. The van der Waals surface area contributed by atoms with Gasteiger partial charge in [0, 0.05) is 31.7 Å². The Hall–Kier alpha value is -1.02. The molecule has 0 aliphatic heterocycles. The van der Waals surface area contributed by atoms with E-state index >= 15 is 0 Å². The van der Waals surface area contributed by atoms with Crippen LogP contribution in [0, 0.1) is 12.8 Å². The third-order valence-electron chi connectivity index (χ3n) is 5.18. The minimum absolute atomic E-state index is 0. The van der Waals surface area contributed by atoms with E-state index in [4.69, 9.17) is 4.74 Å². The summed E-state index contributed by atoms with van der Waals surface area (Å²) >= 11 is 0. The highest BCUT2D eigenvalue weighted by atomic mass is 127. The SMILES string of the molecule is CN=C(NCCCCN(C)C(C)C)NCc1ccc(C)cc1OCC1CC1.I. The molecule has 0 heterocycles. The summed E-state index contributed by atoms with van der Waals surface area (Å²) in [6.45, 7) is 10.2. The second kappa shape index (κ2) is 13.2. The molecule has 1 aliphatic carbocycles. The van der Waals surface area contributed by atoms with Crippen LogP contribution in [0.4, 0.5) is 0 Å². The summed E-state index contributed by atoms with van der Waals surface area (Å²) in [5.41, 5.74) is 2.42. The molecule has 0 aromatic heterocycles. The summed E-state index contributed by atoms with van der Waals surface area (Å²) in [5.74, 6) is 2.61. The zero-order valence-corrected chi connectivity index (χ0v) is 20.6. The minimum atomic E-state index is 0. The number of aryl methyl sites for hydroxylation is 1. The van der Waals surface area contributed by atoms with E-state index in [0.717, 1.165) is 50.3 Å². The molecule has 1 fully saturated rings. The lowest BCUT2D eigenvalue weighted by atomic mass is 10.1. The Bertz CT molecular complexity index is 602. The molecule has 2 rings (SSSR count). The Balaban J connectivity index is 0.00000392. The number of benzene rings is 1. The largest absolute Gasteiger partial charge is 0.493 e. The first-order valence-electron chi connectivity index (χ1n) is 10.4. The van der Waals surface area contributed by atoms with Gasteiger partial charge < -0.3 is 20.3 Å². The van der Waals surface area contributed by atoms with Crippen LogP contribution in [-0.2, 0) is 6.54 Å². The van der Waals surface area contributed by atoms with Crippen LogP contribution in [0.2, 0.25) is 0 Å². The highest BCUT2D eigenvalue weighted by Gasteiger charge is 2.22. The van der Waals surface area contributed by atoms with Gasteiger partial charge in [-0.2, -0.15) is 0 Å². The van der Waals surface area contributed by atoms with Gasteiger partial charge in [0.2, 0.25) is 0 Å². The summed E-state index contributed by atoms with van der Waals surface area (Å²) in [6, 6.07) is 7.04. The van der Waals surface area contributed by atoms with Crippen molar-refractivity contribution in [1.29, 1.82) is 0 Å². The summed E-state index contributed by atoms with van der Waals surface area (Å²) in [7, 11) is 4.00. The lowest BCUT2D eigenvalue weighted by Gasteiger charge is -2.20. The lowest BCUT2D eigenvalue weighted by Crippen LogP contribution is -2.37. The molecule has 160 valence electrons. The summed E-state index contributed by atoms with van der Waals surface area (Å²) in [4.78, 5) is 6.72. The number of nitrogens with zero attached hydrogens (tertiary/aromatic N) is 2. The van der Waals surface area contributed by atoms with Gasteiger partial charge in [-0.3, -0.25) is 4.99 Å². The van der Waals surface area contributed by atoms with E-state index < -0.39 is 0 Å². The van der Waals surface area contributed by atoms with E-state index in [1.165, 1.54) is 30.4 Å². The molecule has 1 aromatic rings. The minimum Gasteiger partial charge on any atom is -0.493 e. The lowest BCUT2D eigenvalue weighted by molar-refractivity contribution is 0.268. The maximum absolute atomic E-state index is 6.06. The smallest absolute Gasteiger partial charge is 0.191 e. The van der Waals surface area contributed by atoms with Crippen LogP contribution >= 0.6 is 24.0 Å². The fourth-order valence-corrected chi connectivity index (χ4v) is 2.79. The van der Waals surface area contributed by atoms with E-state index in [9.17, 15) is 0 Å². The van der Waals surface area contributed by atoms with Crippen molar-refractivity contribution in [2.45, 2.75) is 59.0 Å². The second-order valence-corrected chi connectivity index (χ2v) is 8.00. The van der Waals surface area contributed by atoms with Crippen LogP contribution in [0.5, 0.6) is 5.75 Å². The number of aliphatic imine (C=N–C) groups is 1. The molecule has 1 aliphatic rings. The summed E-state index contributed by atoms with van der Waals surface area (Å²) in [6.07, 6.45) is 4.94. The molecule has 1 saturated carbocycles. The Labute approximate surface area is 188 Å². The zero-order valence-electron chi connectivity index (χ0n) is 18.3. The monoisotopic (exact) mass is 502 g/mol. The summed E-state index contributed by atoms with van der Waals surface area (Å²) < 4.78 is 6.06. The van der Waals surface area contributed by atoms with E-state index in [0.29, 0.717) is 6.04 Å². The maximum atomic E-state index is 6.06. The molecule has 2 N–H and O–H groups in total. The second-order valence-electron chi connectivity index (χ2n) is 8.00. The molecular formula is C22H39IN4O. The molecular weight excluding hydrogens is 463 g/mol. The maximum Gasteiger partial charge on any atom is 0.191 e. The van der Waals surface area contributed by atoms with Gasteiger partial charge in [0.05, 0.1) is 6.61 Å². The van der Waals surface area contributed by atoms with E-state index in [-0.39, 0.29) is 24.0 Å². The molecule has 0 atom stereocenters. The molecule has 0 radical (unpaired) electrons. The third-order valence-corrected chi connectivity index (χ3v) is 5.18. The molecule has 28 heavy (non-hydrogen) atoms. The van der Waals surface area contributed by atoms with Gasteiger partial charge in [-0.25, -0.2) is 0 Å². The first-order valence-corrected chi connectivity index (χ1v) is 10.4. The Morgan fingerprint density at radius 3 is 2.64 bits per heavy atom. The number of nitrogens with one attached hydrogen (secondary N) is 2. The molecule has 0 saturated heterocycles. The van der Waals surface area contributed by atoms with Gasteiger partial charge >= 0.3 is 0 Å². The molecule has 1 aromatic carbocycles. The van der Waals surface area contributed by atoms with Crippen molar-refractivity contribution in [2.24, 2.45) is 10.9 Å². The highest BCUT2D eigenvalue weighted by Crippen LogP contribution is 2.30. The fourth-order valence-electron chi connectivity index (χ4n) is 2.79. The van der Waals surface area contributed by atoms with Gasteiger partial charge in [0.1, 0.15) is 5.75 Å². The quantitative estimate of drug-likeness (QED) is 0.206. The summed E-state index contributed by atoms with van der Waals surface area (Å²) in [5, 5.41) is 6.83. The van der Waals surface area contributed by atoms with E-state index in [1.807, 2.05) is 7.05 Å². The Morgan fingerprint density at radius 2 is 2.00 bits per heavy atom. The van der Waals surface area contributed by atoms with Crippen LogP contribution in [0.15, 0.2) is 23.2 Å². The van der Waals surface area contributed by atoms with Gasteiger partial charge in [-0.05, 0) is 77.6 Å². The number of rotatable bonds is 11. The predicted molar refractivity (Wildman–Crippen MR) is 130 cm³/mol.